The van der Waals surface area contributed by atoms with Crippen LogP contribution in [0.3, 0.4) is 0 Å². The average Bonchev–Trinajstić information content (AvgIpc) is 2.83. The monoisotopic (exact) mass is 245 g/mol. The Bertz CT molecular complexity index is 468. The predicted octanol–water partition coefficient (Wildman–Crippen LogP) is -0.243. The molecule has 0 aromatic carbocycles. The molecule has 2 N–H and O–H groups in total. The first-order valence-corrected chi connectivity index (χ1v) is 6.92. The van der Waals surface area contributed by atoms with E-state index in [0.717, 1.165) is 0 Å². The normalized spacial score (nSPS) is 23.5. The molecule has 6 nitrogen and oxygen atoms in total. The van der Waals surface area contributed by atoms with Crippen molar-refractivity contribution in [1.29, 1.82) is 0 Å². The van der Waals surface area contributed by atoms with Crippen molar-refractivity contribution in [1.82, 2.24) is 4.98 Å². The number of oxazole rings is 1. The summed E-state index contributed by atoms with van der Waals surface area (Å²) < 4.78 is 27.9. The van der Waals surface area contributed by atoms with E-state index >= 15 is 0 Å². The van der Waals surface area contributed by atoms with E-state index in [2.05, 4.69) is 4.98 Å². The maximum atomic E-state index is 11.3. The van der Waals surface area contributed by atoms with Crippen LogP contribution in [0.2, 0.25) is 0 Å². The first-order chi connectivity index (χ1) is 7.52. The van der Waals surface area contributed by atoms with Gasteiger partial charge in [0.1, 0.15) is 6.26 Å². The van der Waals surface area contributed by atoms with Gasteiger partial charge in [-0.1, -0.05) is 0 Å². The molecule has 0 spiro atoms. The molecule has 2 heterocycles. The van der Waals surface area contributed by atoms with E-state index in [1.54, 1.807) is 11.9 Å². The smallest absolute Gasteiger partial charge is 0.297 e. The van der Waals surface area contributed by atoms with Gasteiger partial charge in [0, 0.05) is 19.6 Å². The molecule has 1 saturated heterocycles. The molecule has 1 atom stereocenters. The van der Waals surface area contributed by atoms with E-state index in [0.29, 0.717) is 24.7 Å². The van der Waals surface area contributed by atoms with Crippen molar-refractivity contribution in [2.45, 2.75) is 19.0 Å². The Morgan fingerprint density at radius 3 is 2.94 bits per heavy atom. The van der Waals surface area contributed by atoms with E-state index < -0.39 is 9.84 Å². The van der Waals surface area contributed by atoms with Gasteiger partial charge in [-0.3, -0.25) is 0 Å². The summed E-state index contributed by atoms with van der Waals surface area (Å²) in [6, 6.07) is 0.386. The Kier molecular flexibility index (Phi) is 2.90. The fourth-order valence-corrected chi connectivity index (χ4v) is 3.56. The van der Waals surface area contributed by atoms with Gasteiger partial charge >= 0.3 is 0 Å². The van der Waals surface area contributed by atoms with Gasteiger partial charge in [0.25, 0.3) is 6.01 Å². The fraction of sp³-hybridized carbons (Fsp3) is 0.667. The maximum absolute atomic E-state index is 11.3. The molecule has 1 aliphatic rings. The summed E-state index contributed by atoms with van der Waals surface area (Å²) in [5, 5.41) is 0. The number of rotatable bonds is 3. The van der Waals surface area contributed by atoms with E-state index in [1.165, 1.54) is 6.26 Å². The van der Waals surface area contributed by atoms with Gasteiger partial charge in [0.05, 0.1) is 17.2 Å². The standard InChI is InChI=1S/C9H15N3O3S/c1-12(8-2-3-16(13,14)6-8)9-11-7(4-10)5-15-9/h5,8H,2-4,6,10H2,1H3. The molecule has 0 saturated carbocycles. The molecule has 90 valence electrons. The second-order valence-electron chi connectivity index (χ2n) is 3.99. The Balaban J connectivity index is 2.11. The summed E-state index contributed by atoms with van der Waals surface area (Å²) in [6.45, 7) is 0.320. The maximum Gasteiger partial charge on any atom is 0.297 e. The van der Waals surface area contributed by atoms with Crippen molar-refractivity contribution < 1.29 is 12.8 Å². The van der Waals surface area contributed by atoms with Gasteiger partial charge in [0.2, 0.25) is 0 Å². The molecule has 0 radical (unpaired) electrons. The van der Waals surface area contributed by atoms with Gasteiger partial charge < -0.3 is 15.1 Å². The topological polar surface area (TPSA) is 89.4 Å². The third-order valence-electron chi connectivity index (χ3n) is 2.81. The van der Waals surface area contributed by atoms with Crippen molar-refractivity contribution in [3.05, 3.63) is 12.0 Å². The number of hydrogen-bond donors (Lipinski definition) is 1. The minimum Gasteiger partial charge on any atom is -0.432 e. The van der Waals surface area contributed by atoms with Crippen LogP contribution in [0.25, 0.3) is 0 Å². The molecule has 1 aliphatic heterocycles. The van der Waals surface area contributed by atoms with Crippen molar-refractivity contribution in [3.63, 3.8) is 0 Å². The number of sulfone groups is 1. The number of nitrogens with two attached hydrogens (primary N) is 1. The summed E-state index contributed by atoms with van der Waals surface area (Å²) in [6.07, 6.45) is 2.12. The summed E-state index contributed by atoms with van der Waals surface area (Å²) >= 11 is 0. The molecular formula is C9H15N3O3S. The second kappa shape index (κ2) is 4.06. The van der Waals surface area contributed by atoms with Gasteiger partial charge in [-0.2, -0.15) is 4.98 Å². The van der Waals surface area contributed by atoms with Gasteiger partial charge in [-0.15, -0.1) is 0 Å². The lowest BCUT2D eigenvalue weighted by molar-refractivity contribution is 0.522. The molecule has 2 rings (SSSR count). The Labute approximate surface area is 94.4 Å². The molecular weight excluding hydrogens is 230 g/mol. The number of nitrogens with zero attached hydrogens (tertiary/aromatic N) is 2. The second-order valence-corrected chi connectivity index (χ2v) is 6.22. The Morgan fingerprint density at radius 2 is 2.44 bits per heavy atom. The molecule has 1 fully saturated rings. The van der Waals surface area contributed by atoms with Crippen molar-refractivity contribution >= 4 is 15.9 Å². The number of anilines is 1. The summed E-state index contributed by atoms with van der Waals surface area (Å²) in [4.78, 5) is 5.93. The highest BCUT2D eigenvalue weighted by Gasteiger charge is 2.32. The Hall–Kier alpha value is -1.08. The molecule has 1 aromatic rings. The first-order valence-electron chi connectivity index (χ1n) is 5.09. The SMILES string of the molecule is CN(c1nc(CN)co1)C1CCS(=O)(=O)C1. The van der Waals surface area contributed by atoms with E-state index in [9.17, 15) is 8.42 Å². The van der Waals surface area contributed by atoms with E-state index in [4.69, 9.17) is 10.2 Å². The highest BCUT2D eigenvalue weighted by molar-refractivity contribution is 7.91. The zero-order valence-corrected chi connectivity index (χ0v) is 9.90. The lowest BCUT2D eigenvalue weighted by atomic mass is 10.2. The third-order valence-corrected chi connectivity index (χ3v) is 4.56. The largest absolute Gasteiger partial charge is 0.432 e. The zero-order valence-electron chi connectivity index (χ0n) is 9.09. The predicted molar refractivity (Wildman–Crippen MR) is 59.9 cm³/mol. The van der Waals surface area contributed by atoms with Crippen LogP contribution in [0.1, 0.15) is 12.1 Å². The van der Waals surface area contributed by atoms with Crippen molar-refractivity contribution in [2.24, 2.45) is 5.73 Å². The van der Waals surface area contributed by atoms with Crippen LogP contribution in [0.4, 0.5) is 6.01 Å². The molecule has 16 heavy (non-hydrogen) atoms. The number of hydrogen-bond acceptors (Lipinski definition) is 6. The molecule has 1 unspecified atom stereocenters. The molecule has 0 aliphatic carbocycles. The molecule has 0 bridgehead atoms. The Morgan fingerprint density at radius 1 is 1.69 bits per heavy atom. The highest BCUT2D eigenvalue weighted by Crippen LogP contribution is 2.22. The van der Waals surface area contributed by atoms with Crippen LogP contribution in [-0.2, 0) is 16.4 Å². The van der Waals surface area contributed by atoms with Crippen LogP contribution in [0, 0.1) is 0 Å². The van der Waals surface area contributed by atoms with Gasteiger partial charge in [-0.25, -0.2) is 8.42 Å². The quantitative estimate of drug-likeness (QED) is 0.790. The van der Waals surface area contributed by atoms with E-state index in [1.807, 2.05) is 0 Å². The van der Waals surface area contributed by atoms with Crippen molar-refractivity contribution in [3.8, 4) is 0 Å². The number of aromatic nitrogens is 1. The van der Waals surface area contributed by atoms with Crippen molar-refractivity contribution in [2.75, 3.05) is 23.5 Å². The third kappa shape index (κ3) is 2.19. The zero-order chi connectivity index (χ0) is 11.8. The highest BCUT2D eigenvalue weighted by atomic mass is 32.2. The molecule has 0 amide bonds. The minimum absolute atomic E-state index is 0.0470. The van der Waals surface area contributed by atoms with E-state index in [-0.39, 0.29) is 17.5 Å². The minimum atomic E-state index is -2.88. The lowest BCUT2D eigenvalue weighted by Crippen LogP contribution is -2.32. The van der Waals surface area contributed by atoms with Crippen LogP contribution in [0.5, 0.6) is 0 Å². The molecule has 7 heteroatoms. The van der Waals surface area contributed by atoms with Crippen LogP contribution in [-0.4, -0.2) is 38.0 Å². The first kappa shape index (κ1) is 11.4. The summed E-state index contributed by atoms with van der Waals surface area (Å²) in [7, 11) is -1.09. The summed E-state index contributed by atoms with van der Waals surface area (Å²) in [5.41, 5.74) is 6.09. The summed E-state index contributed by atoms with van der Waals surface area (Å²) in [5.74, 6) is 0.413. The fourth-order valence-electron chi connectivity index (χ4n) is 1.79. The van der Waals surface area contributed by atoms with Gasteiger partial charge in [-0.05, 0) is 6.42 Å². The van der Waals surface area contributed by atoms with Crippen LogP contribution < -0.4 is 10.6 Å². The average molecular weight is 245 g/mol. The lowest BCUT2D eigenvalue weighted by Gasteiger charge is -2.20. The van der Waals surface area contributed by atoms with Crippen LogP contribution >= 0.6 is 0 Å². The van der Waals surface area contributed by atoms with Gasteiger partial charge in [0.15, 0.2) is 9.84 Å². The van der Waals surface area contributed by atoms with Crippen LogP contribution in [0.15, 0.2) is 10.7 Å². The molecule has 1 aromatic heterocycles.